The number of hydrogen-bond donors (Lipinski definition) is 0. The number of benzene rings is 2. The predicted octanol–water partition coefficient (Wildman–Crippen LogP) is 4.81. The van der Waals surface area contributed by atoms with Crippen LogP contribution in [0.4, 0.5) is 13.2 Å². The van der Waals surface area contributed by atoms with E-state index in [1.54, 1.807) is 7.11 Å². The molecule has 0 bridgehead atoms. The zero-order chi connectivity index (χ0) is 20.5. The maximum absolute atomic E-state index is 12.9. The number of hydrogen-bond acceptors (Lipinski definition) is 2. The average Bonchev–Trinajstić information content (AvgIpc) is 2.84. The number of alkyl halides is 3. The lowest BCUT2D eigenvalue weighted by Crippen LogP contribution is -2.42. The quantitative estimate of drug-likeness (QED) is 0.754. The summed E-state index contributed by atoms with van der Waals surface area (Å²) in [5, 5.41) is 0. The standard InChI is InChI=1S/C22H22F3NO2/c1-14-13-26(21(27)22(23,24)25)10-9-17-11-20(28-3)19(12-18(14)17)15(2)16-7-5-4-6-8-16/h4-8,11-12,14H,2,9-10,13H2,1,3H3/t14-/m1/s1. The zero-order valence-corrected chi connectivity index (χ0v) is 15.8. The molecule has 1 heterocycles. The van der Waals surface area contributed by atoms with Crippen LogP contribution < -0.4 is 4.74 Å². The minimum absolute atomic E-state index is 0.0227. The van der Waals surface area contributed by atoms with Gasteiger partial charge in [0.15, 0.2) is 0 Å². The number of amides is 1. The van der Waals surface area contributed by atoms with Crippen LogP contribution >= 0.6 is 0 Å². The van der Waals surface area contributed by atoms with Gasteiger partial charge in [-0.25, -0.2) is 0 Å². The Morgan fingerprint density at radius 3 is 2.50 bits per heavy atom. The van der Waals surface area contributed by atoms with Crippen LogP contribution in [0.1, 0.15) is 35.1 Å². The molecule has 0 fully saturated rings. The minimum atomic E-state index is -4.86. The lowest BCUT2D eigenvalue weighted by molar-refractivity contribution is -0.185. The smallest absolute Gasteiger partial charge is 0.471 e. The van der Waals surface area contributed by atoms with Gasteiger partial charge in [-0.3, -0.25) is 4.79 Å². The molecule has 1 atom stereocenters. The Morgan fingerprint density at radius 1 is 1.21 bits per heavy atom. The highest BCUT2D eigenvalue weighted by Gasteiger charge is 2.43. The van der Waals surface area contributed by atoms with E-state index in [-0.39, 0.29) is 19.0 Å². The Bertz CT molecular complexity index is 891. The van der Waals surface area contributed by atoms with Crippen LogP contribution in [-0.4, -0.2) is 37.2 Å². The maximum Gasteiger partial charge on any atom is 0.471 e. The first kappa shape index (κ1) is 20.0. The first-order chi connectivity index (χ1) is 13.2. The van der Waals surface area contributed by atoms with Crippen molar-refractivity contribution in [1.29, 1.82) is 0 Å². The third-order valence-corrected chi connectivity index (χ3v) is 5.11. The van der Waals surface area contributed by atoms with Crippen LogP contribution in [0.5, 0.6) is 5.75 Å². The number of carbonyl (C=O) groups is 1. The molecule has 1 aliphatic rings. The predicted molar refractivity (Wildman–Crippen MR) is 102 cm³/mol. The lowest BCUT2D eigenvalue weighted by atomic mass is 9.89. The van der Waals surface area contributed by atoms with Gasteiger partial charge in [0.25, 0.3) is 0 Å². The van der Waals surface area contributed by atoms with Gasteiger partial charge in [-0.1, -0.05) is 43.8 Å². The van der Waals surface area contributed by atoms with Gasteiger partial charge in [0, 0.05) is 18.7 Å². The molecule has 6 heteroatoms. The third kappa shape index (κ3) is 3.91. The summed E-state index contributed by atoms with van der Waals surface area (Å²) in [6.45, 7) is 6.07. The summed E-state index contributed by atoms with van der Waals surface area (Å²) in [5.74, 6) is -1.40. The van der Waals surface area contributed by atoms with Gasteiger partial charge in [0.2, 0.25) is 0 Å². The summed E-state index contributed by atoms with van der Waals surface area (Å²) in [5.41, 5.74) is 4.34. The normalized spacial score (nSPS) is 16.9. The molecule has 0 unspecified atom stereocenters. The third-order valence-electron chi connectivity index (χ3n) is 5.11. The Balaban J connectivity index is 1.98. The average molecular weight is 389 g/mol. The van der Waals surface area contributed by atoms with E-state index in [2.05, 4.69) is 6.58 Å². The Labute approximate surface area is 162 Å². The summed E-state index contributed by atoms with van der Waals surface area (Å²) in [4.78, 5) is 12.6. The molecule has 28 heavy (non-hydrogen) atoms. The fourth-order valence-electron chi connectivity index (χ4n) is 3.65. The molecular weight excluding hydrogens is 367 g/mol. The second-order valence-electron chi connectivity index (χ2n) is 7.00. The summed E-state index contributed by atoms with van der Waals surface area (Å²) in [6.07, 6.45) is -4.52. The highest BCUT2D eigenvalue weighted by Crippen LogP contribution is 2.37. The van der Waals surface area contributed by atoms with E-state index in [0.717, 1.165) is 32.7 Å². The number of fused-ring (bicyclic) bond motifs is 1. The van der Waals surface area contributed by atoms with Crippen molar-refractivity contribution < 1.29 is 22.7 Å². The van der Waals surface area contributed by atoms with Crippen molar-refractivity contribution in [3.63, 3.8) is 0 Å². The fourth-order valence-corrected chi connectivity index (χ4v) is 3.65. The molecular formula is C22H22F3NO2. The molecule has 1 aliphatic heterocycles. The molecule has 2 aromatic rings. The molecule has 0 radical (unpaired) electrons. The molecule has 148 valence electrons. The molecule has 0 saturated heterocycles. The molecule has 0 saturated carbocycles. The van der Waals surface area contributed by atoms with Crippen LogP contribution in [0, 0.1) is 0 Å². The highest BCUT2D eigenvalue weighted by molar-refractivity contribution is 5.83. The molecule has 0 aromatic heterocycles. The Morgan fingerprint density at radius 2 is 1.89 bits per heavy atom. The minimum Gasteiger partial charge on any atom is -0.496 e. The van der Waals surface area contributed by atoms with E-state index in [0.29, 0.717) is 12.2 Å². The van der Waals surface area contributed by atoms with Gasteiger partial charge in [0.1, 0.15) is 5.75 Å². The van der Waals surface area contributed by atoms with Crippen molar-refractivity contribution in [2.75, 3.05) is 20.2 Å². The number of carbonyl (C=O) groups excluding carboxylic acids is 1. The number of rotatable bonds is 3. The molecule has 3 rings (SSSR count). The van der Waals surface area contributed by atoms with Gasteiger partial charge in [-0.05, 0) is 46.7 Å². The molecule has 0 spiro atoms. The van der Waals surface area contributed by atoms with E-state index >= 15 is 0 Å². The van der Waals surface area contributed by atoms with E-state index < -0.39 is 12.1 Å². The van der Waals surface area contributed by atoms with Crippen molar-refractivity contribution in [2.45, 2.75) is 25.4 Å². The van der Waals surface area contributed by atoms with E-state index in [1.165, 1.54) is 0 Å². The van der Waals surface area contributed by atoms with Crippen LogP contribution in [0.15, 0.2) is 49.0 Å². The molecule has 2 aromatic carbocycles. The van der Waals surface area contributed by atoms with Crippen molar-refractivity contribution >= 4 is 11.5 Å². The van der Waals surface area contributed by atoms with Crippen LogP contribution in [-0.2, 0) is 11.2 Å². The monoisotopic (exact) mass is 389 g/mol. The van der Waals surface area contributed by atoms with Gasteiger partial charge in [0.05, 0.1) is 7.11 Å². The summed E-state index contributed by atoms with van der Waals surface area (Å²) >= 11 is 0. The largest absolute Gasteiger partial charge is 0.496 e. The van der Waals surface area contributed by atoms with Gasteiger partial charge >= 0.3 is 12.1 Å². The Kier molecular flexibility index (Phi) is 5.49. The van der Waals surface area contributed by atoms with E-state index in [9.17, 15) is 18.0 Å². The second kappa shape index (κ2) is 7.70. The van der Waals surface area contributed by atoms with E-state index in [1.807, 2.05) is 49.4 Å². The topological polar surface area (TPSA) is 29.5 Å². The van der Waals surface area contributed by atoms with Crippen LogP contribution in [0.3, 0.4) is 0 Å². The highest BCUT2D eigenvalue weighted by atomic mass is 19.4. The molecule has 1 amide bonds. The van der Waals surface area contributed by atoms with Gasteiger partial charge < -0.3 is 9.64 Å². The Hall–Kier alpha value is -2.76. The number of halogens is 3. The first-order valence-electron chi connectivity index (χ1n) is 9.04. The van der Waals surface area contributed by atoms with Crippen molar-refractivity contribution in [1.82, 2.24) is 4.90 Å². The van der Waals surface area contributed by atoms with Crippen LogP contribution in [0.2, 0.25) is 0 Å². The maximum atomic E-state index is 12.9. The van der Waals surface area contributed by atoms with Crippen molar-refractivity contribution in [3.05, 3.63) is 71.3 Å². The van der Waals surface area contributed by atoms with Gasteiger partial charge in [-0.15, -0.1) is 0 Å². The molecule has 0 N–H and O–H groups in total. The van der Waals surface area contributed by atoms with Gasteiger partial charge in [-0.2, -0.15) is 13.2 Å². The number of methoxy groups -OCH3 is 1. The molecule has 0 aliphatic carbocycles. The second-order valence-corrected chi connectivity index (χ2v) is 7.00. The SMILES string of the molecule is C=C(c1ccccc1)c1cc2c(cc1OC)CCN(C(=O)C(F)(F)F)C[C@H]2C. The summed E-state index contributed by atoms with van der Waals surface area (Å²) in [6, 6.07) is 13.4. The lowest BCUT2D eigenvalue weighted by Gasteiger charge is -2.24. The van der Waals surface area contributed by atoms with Crippen molar-refractivity contribution in [3.8, 4) is 5.75 Å². The summed E-state index contributed by atoms with van der Waals surface area (Å²) in [7, 11) is 1.56. The van der Waals surface area contributed by atoms with Crippen LogP contribution in [0.25, 0.3) is 5.57 Å². The van der Waals surface area contributed by atoms with Crippen molar-refractivity contribution in [2.24, 2.45) is 0 Å². The fraction of sp³-hybridized carbons (Fsp3) is 0.318. The first-order valence-corrected chi connectivity index (χ1v) is 9.04. The zero-order valence-electron chi connectivity index (χ0n) is 15.8. The number of nitrogens with zero attached hydrogens (tertiary/aromatic N) is 1. The molecule has 3 nitrogen and oxygen atoms in total. The van der Waals surface area contributed by atoms with E-state index in [4.69, 9.17) is 4.74 Å². The summed E-state index contributed by atoms with van der Waals surface area (Å²) < 4.78 is 44.2. The number of ether oxygens (including phenoxy) is 1.